The van der Waals surface area contributed by atoms with Crippen molar-refractivity contribution < 1.29 is 30.2 Å². The molecular formula is C9H5F3O4S. The monoisotopic (exact) mass is 266 g/mol. The molecule has 0 aliphatic carbocycles. The molecule has 0 N–H and O–H groups in total. The van der Waals surface area contributed by atoms with E-state index in [0.29, 0.717) is 5.39 Å². The van der Waals surface area contributed by atoms with E-state index in [1.54, 1.807) is 18.2 Å². The van der Waals surface area contributed by atoms with Gasteiger partial charge in [-0.25, -0.2) is 0 Å². The lowest BCUT2D eigenvalue weighted by Crippen LogP contribution is -2.27. The Morgan fingerprint density at radius 1 is 1.18 bits per heavy atom. The number of rotatable bonds is 2. The number of fused-ring (bicyclic) bond motifs is 1. The fourth-order valence-corrected chi connectivity index (χ4v) is 1.55. The first-order valence-electron chi connectivity index (χ1n) is 4.29. The van der Waals surface area contributed by atoms with Gasteiger partial charge in [0.05, 0.1) is 0 Å². The molecule has 0 bridgehead atoms. The van der Waals surface area contributed by atoms with Crippen molar-refractivity contribution in [2.75, 3.05) is 0 Å². The van der Waals surface area contributed by atoms with Gasteiger partial charge in [-0.15, -0.1) is 0 Å². The van der Waals surface area contributed by atoms with E-state index < -0.39 is 21.6 Å². The predicted octanol–water partition coefficient (Wildman–Crippen LogP) is 2.66. The smallest absolute Gasteiger partial charge is 0.425 e. The van der Waals surface area contributed by atoms with Crippen molar-refractivity contribution in [3.05, 3.63) is 30.3 Å². The van der Waals surface area contributed by atoms with Crippen LogP contribution in [0.25, 0.3) is 11.0 Å². The third-order valence-corrected chi connectivity index (χ3v) is 2.83. The number of hydrogen-bond acceptors (Lipinski definition) is 4. The Bertz CT molecular complexity index is 609. The minimum absolute atomic E-state index is 0.236. The van der Waals surface area contributed by atoms with Crippen LogP contribution in [-0.2, 0) is 10.1 Å². The summed E-state index contributed by atoms with van der Waals surface area (Å²) in [6.07, 6.45) is 0. The Labute approximate surface area is 93.7 Å². The molecule has 8 heteroatoms. The molecule has 0 fully saturated rings. The van der Waals surface area contributed by atoms with Crippen LogP contribution in [0, 0.1) is 0 Å². The standard InChI is InChI=1S/C9H5F3O4S/c10-9(11,12)17(13,14)16-8-5-6-3-1-2-4-7(6)15-8/h1-5H. The molecule has 17 heavy (non-hydrogen) atoms. The highest BCUT2D eigenvalue weighted by Crippen LogP contribution is 2.30. The molecule has 0 atom stereocenters. The van der Waals surface area contributed by atoms with Gasteiger partial charge in [0, 0.05) is 11.5 Å². The fourth-order valence-electron chi connectivity index (χ4n) is 1.15. The Kier molecular flexibility index (Phi) is 2.53. The maximum atomic E-state index is 12.0. The third-order valence-electron chi connectivity index (χ3n) is 1.88. The highest BCUT2D eigenvalue weighted by Gasteiger charge is 2.49. The molecule has 0 saturated heterocycles. The molecule has 1 heterocycles. The summed E-state index contributed by atoms with van der Waals surface area (Å²) in [7, 11) is -5.69. The van der Waals surface area contributed by atoms with E-state index in [1.807, 2.05) is 0 Å². The first-order chi connectivity index (χ1) is 7.79. The van der Waals surface area contributed by atoms with Crippen LogP contribution in [-0.4, -0.2) is 13.9 Å². The van der Waals surface area contributed by atoms with Gasteiger partial charge in [0.1, 0.15) is 5.58 Å². The van der Waals surface area contributed by atoms with Gasteiger partial charge in [0.2, 0.25) is 0 Å². The van der Waals surface area contributed by atoms with Crippen molar-refractivity contribution in [3.63, 3.8) is 0 Å². The van der Waals surface area contributed by atoms with E-state index in [2.05, 4.69) is 4.18 Å². The van der Waals surface area contributed by atoms with Crippen LogP contribution in [0.3, 0.4) is 0 Å². The zero-order valence-electron chi connectivity index (χ0n) is 8.06. The van der Waals surface area contributed by atoms with Crippen molar-refractivity contribution in [1.82, 2.24) is 0 Å². The van der Waals surface area contributed by atoms with Gasteiger partial charge in [-0.2, -0.15) is 21.6 Å². The van der Waals surface area contributed by atoms with Crippen molar-refractivity contribution in [2.45, 2.75) is 5.51 Å². The summed E-state index contributed by atoms with van der Waals surface area (Å²) in [5, 5.41) is 0.444. The zero-order chi connectivity index (χ0) is 12.7. The van der Waals surface area contributed by atoms with Crippen molar-refractivity contribution in [2.24, 2.45) is 0 Å². The minimum Gasteiger partial charge on any atom is -0.425 e. The summed E-state index contributed by atoms with van der Waals surface area (Å²) < 4.78 is 66.1. The van der Waals surface area contributed by atoms with Gasteiger partial charge in [-0.3, -0.25) is 0 Å². The van der Waals surface area contributed by atoms with E-state index in [9.17, 15) is 21.6 Å². The van der Waals surface area contributed by atoms with Gasteiger partial charge < -0.3 is 8.60 Å². The summed E-state index contributed by atoms with van der Waals surface area (Å²) in [5.41, 5.74) is -5.24. The maximum absolute atomic E-state index is 12.0. The second kappa shape index (κ2) is 3.66. The molecule has 0 amide bonds. The Morgan fingerprint density at radius 3 is 2.41 bits per heavy atom. The van der Waals surface area contributed by atoms with Gasteiger partial charge in [0.25, 0.3) is 0 Å². The second-order valence-corrected chi connectivity index (χ2v) is 4.62. The summed E-state index contributed by atoms with van der Waals surface area (Å²) in [4.78, 5) is 0. The predicted molar refractivity (Wildman–Crippen MR) is 51.8 cm³/mol. The van der Waals surface area contributed by atoms with Gasteiger partial charge in [-0.05, 0) is 6.07 Å². The lowest BCUT2D eigenvalue weighted by atomic mass is 10.3. The van der Waals surface area contributed by atoms with Crippen molar-refractivity contribution in [1.29, 1.82) is 0 Å². The SMILES string of the molecule is O=S(=O)(Oc1cc2ccccc2o1)C(F)(F)F. The molecule has 2 aromatic rings. The quantitative estimate of drug-likeness (QED) is 0.619. The Morgan fingerprint density at radius 2 is 1.82 bits per heavy atom. The van der Waals surface area contributed by atoms with Crippen LogP contribution in [0.1, 0.15) is 0 Å². The Hall–Kier alpha value is -1.70. The number of alkyl halides is 3. The lowest BCUT2D eigenvalue weighted by Gasteiger charge is -2.05. The molecule has 2 rings (SSSR count). The van der Waals surface area contributed by atoms with Crippen LogP contribution in [0.2, 0.25) is 0 Å². The maximum Gasteiger partial charge on any atom is 0.534 e. The lowest BCUT2D eigenvalue weighted by molar-refractivity contribution is -0.0506. The van der Waals surface area contributed by atoms with E-state index >= 15 is 0 Å². The number of hydrogen-bond donors (Lipinski definition) is 0. The van der Waals surface area contributed by atoms with Crippen molar-refractivity contribution >= 4 is 21.1 Å². The molecule has 1 aromatic heterocycles. The van der Waals surface area contributed by atoms with Crippen molar-refractivity contribution in [3.8, 4) is 5.95 Å². The molecule has 0 spiro atoms. The number of furan rings is 1. The first kappa shape index (κ1) is 11.8. The molecule has 92 valence electrons. The topological polar surface area (TPSA) is 56.5 Å². The zero-order valence-corrected chi connectivity index (χ0v) is 8.88. The highest BCUT2D eigenvalue weighted by molar-refractivity contribution is 7.87. The number of benzene rings is 1. The molecule has 0 aliphatic rings. The first-order valence-corrected chi connectivity index (χ1v) is 5.70. The van der Waals surface area contributed by atoms with Gasteiger partial charge >= 0.3 is 21.6 Å². The Balaban J connectivity index is 2.37. The van der Waals surface area contributed by atoms with Crippen LogP contribution < -0.4 is 4.18 Å². The molecule has 0 saturated carbocycles. The average molecular weight is 266 g/mol. The third kappa shape index (κ3) is 2.21. The molecule has 0 unspecified atom stereocenters. The molecule has 1 aromatic carbocycles. The second-order valence-electron chi connectivity index (χ2n) is 3.09. The molecule has 4 nitrogen and oxygen atoms in total. The fraction of sp³-hybridized carbons (Fsp3) is 0.111. The van der Waals surface area contributed by atoms with E-state index in [0.717, 1.165) is 6.07 Å². The number of para-hydroxylation sites is 1. The largest absolute Gasteiger partial charge is 0.534 e. The summed E-state index contributed by atoms with van der Waals surface area (Å²) >= 11 is 0. The minimum atomic E-state index is -5.69. The van der Waals surface area contributed by atoms with E-state index in [-0.39, 0.29) is 5.58 Å². The summed E-state index contributed by atoms with van der Waals surface area (Å²) in [5.74, 6) is -0.719. The molecule has 0 aliphatic heterocycles. The average Bonchev–Trinajstić information content (AvgIpc) is 2.56. The number of halogens is 3. The van der Waals surface area contributed by atoms with Gasteiger partial charge in [0.15, 0.2) is 0 Å². The van der Waals surface area contributed by atoms with Crippen LogP contribution in [0.15, 0.2) is 34.7 Å². The normalized spacial score (nSPS) is 12.9. The molecular weight excluding hydrogens is 261 g/mol. The highest BCUT2D eigenvalue weighted by atomic mass is 32.2. The van der Waals surface area contributed by atoms with Crippen LogP contribution >= 0.6 is 0 Å². The van der Waals surface area contributed by atoms with E-state index in [4.69, 9.17) is 4.42 Å². The summed E-state index contributed by atoms with van der Waals surface area (Å²) in [6.45, 7) is 0. The van der Waals surface area contributed by atoms with Gasteiger partial charge in [-0.1, -0.05) is 18.2 Å². The van der Waals surface area contributed by atoms with Crippen LogP contribution in [0.4, 0.5) is 13.2 Å². The molecule has 0 radical (unpaired) electrons. The summed E-state index contributed by atoms with van der Waals surface area (Å²) in [6, 6.07) is 7.31. The van der Waals surface area contributed by atoms with E-state index in [1.165, 1.54) is 6.07 Å². The van der Waals surface area contributed by atoms with Crippen LogP contribution in [0.5, 0.6) is 5.95 Å².